The summed E-state index contributed by atoms with van der Waals surface area (Å²) in [7, 11) is 0. The molecule has 0 amide bonds. The van der Waals surface area contributed by atoms with Gasteiger partial charge >= 0.3 is 6.18 Å². The Hall–Kier alpha value is -2.53. The number of alkyl halides is 3. The number of aliphatic hydroxyl groups is 1. The van der Waals surface area contributed by atoms with E-state index in [1.165, 1.54) is 12.3 Å². The van der Waals surface area contributed by atoms with Crippen LogP contribution in [0, 0.1) is 0 Å². The van der Waals surface area contributed by atoms with Gasteiger partial charge in [0.15, 0.2) is 5.65 Å². The number of rotatable bonds is 5. The third-order valence-electron chi connectivity index (χ3n) is 4.36. The van der Waals surface area contributed by atoms with Crippen molar-refractivity contribution in [3.05, 3.63) is 51.2 Å². The van der Waals surface area contributed by atoms with E-state index in [-0.39, 0.29) is 39.6 Å². The number of pyridine rings is 1. The molecule has 0 aliphatic carbocycles. The second-order valence-electron chi connectivity index (χ2n) is 6.90. The molecule has 0 fully saturated rings. The number of hydrogen-bond acceptors (Lipinski definition) is 6. The lowest BCUT2D eigenvalue weighted by atomic mass is 10.2. The lowest BCUT2D eigenvalue weighted by molar-refractivity contribution is -0.137. The minimum Gasteiger partial charge on any atom is -0.392 e. The number of hydrogen-bond donors (Lipinski definition) is 2. The van der Waals surface area contributed by atoms with Gasteiger partial charge < -0.3 is 19.3 Å². The molecule has 32 heavy (non-hydrogen) atoms. The molecule has 0 saturated heterocycles. The summed E-state index contributed by atoms with van der Waals surface area (Å²) in [5.74, 6) is 0.0601. The van der Waals surface area contributed by atoms with Crippen LogP contribution >= 0.6 is 34.8 Å². The van der Waals surface area contributed by atoms with Gasteiger partial charge in [-0.05, 0) is 25.1 Å². The fraction of sp³-hybridized carbons (Fsp3) is 0.211. The van der Waals surface area contributed by atoms with E-state index in [1.54, 1.807) is 13.0 Å². The van der Waals surface area contributed by atoms with Gasteiger partial charge in [-0.3, -0.25) is 0 Å². The molecular formula is C19H13Cl3F3N5O2. The average molecular weight is 507 g/mol. The molecule has 2 N–H and O–H groups in total. The van der Waals surface area contributed by atoms with Gasteiger partial charge in [-0.25, -0.2) is 4.98 Å². The molecule has 1 unspecified atom stereocenters. The summed E-state index contributed by atoms with van der Waals surface area (Å²) >= 11 is 18.6. The van der Waals surface area contributed by atoms with E-state index >= 15 is 0 Å². The van der Waals surface area contributed by atoms with Crippen molar-refractivity contribution in [3.63, 3.8) is 0 Å². The van der Waals surface area contributed by atoms with E-state index in [0.717, 1.165) is 16.7 Å². The number of nitrogens with zero attached hydrogens (tertiary/aromatic N) is 4. The molecule has 1 aromatic carbocycles. The highest BCUT2D eigenvalue weighted by molar-refractivity contribution is 6.37. The predicted molar refractivity (Wildman–Crippen MR) is 114 cm³/mol. The molecule has 0 aliphatic rings. The van der Waals surface area contributed by atoms with E-state index in [4.69, 9.17) is 39.3 Å². The van der Waals surface area contributed by atoms with Gasteiger partial charge in [0.1, 0.15) is 5.69 Å². The van der Waals surface area contributed by atoms with Crippen molar-refractivity contribution in [1.82, 2.24) is 19.5 Å². The Kier molecular flexibility index (Phi) is 5.97. The Bertz CT molecular complexity index is 1300. The molecule has 4 aromatic rings. The van der Waals surface area contributed by atoms with E-state index in [9.17, 15) is 18.3 Å². The molecule has 7 nitrogen and oxygen atoms in total. The highest BCUT2D eigenvalue weighted by Crippen LogP contribution is 2.36. The Morgan fingerprint density at radius 1 is 1.09 bits per heavy atom. The van der Waals surface area contributed by atoms with Crippen LogP contribution in [0.4, 0.5) is 18.9 Å². The van der Waals surface area contributed by atoms with Crippen molar-refractivity contribution < 1.29 is 22.8 Å². The molecular weight excluding hydrogens is 494 g/mol. The van der Waals surface area contributed by atoms with Gasteiger partial charge in [-0.15, -0.1) is 0 Å². The van der Waals surface area contributed by atoms with Gasteiger partial charge in [0.25, 0.3) is 5.89 Å². The fourth-order valence-electron chi connectivity index (χ4n) is 2.86. The van der Waals surface area contributed by atoms with Gasteiger partial charge in [-0.2, -0.15) is 18.2 Å². The zero-order valence-electron chi connectivity index (χ0n) is 16.1. The van der Waals surface area contributed by atoms with Gasteiger partial charge in [-0.1, -0.05) is 40.0 Å². The van der Waals surface area contributed by atoms with E-state index in [0.29, 0.717) is 16.3 Å². The first kappa shape index (κ1) is 22.7. The standard InChI is InChI=1S/C19H13Cl3F3N5O2/c1-8(31)5-26-14-4-11(20)10(3-12(14)21)16-28-18(32-29-16)15-7-30-6-9(19(23,24)25)2-13(22)17(30)27-15/h2-4,6-8,26,31H,5H2,1H3. The van der Waals surface area contributed by atoms with E-state index in [1.807, 2.05) is 0 Å². The number of nitrogens with one attached hydrogen (secondary N) is 1. The van der Waals surface area contributed by atoms with Crippen LogP contribution in [0.15, 0.2) is 35.1 Å². The van der Waals surface area contributed by atoms with Crippen molar-refractivity contribution in [1.29, 1.82) is 0 Å². The Labute approximate surface area is 193 Å². The first-order valence-corrected chi connectivity index (χ1v) is 10.2. The summed E-state index contributed by atoms with van der Waals surface area (Å²) < 4.78 is 45.4. The van der Waals surface area contributed by atoms with E-state index < -0.39 is 17.8 Å². The summed E-state index contributed by atoms with van der Waals surface area (Å²) in [5, 5.41) is 16.6. The van der Waals surface area contributed by atoms with Crippen molar-refractivity contribution in [2.45, 2.75) is 19.2 Å². The topological polar surface area (TPSA) is 88.5 Å². The second-order valence-corrected chi connectivity index (χ2v) is 8.12. The number of aromatic nitrogens is 4. The van der Waals surface area contributed by atoms with Crippen molar-refractivity contribution in [3.8, 4) is 23.0 Å². The van der Waals surface area contributed by atoms with Crippen LogP contribution in [-0.4, -0.2) is 37.3 Å². The maximum absolute atomic E-state index is 13.0. The third kappa shape index (κ3) is 4.49. The molecule has 3 aromatic heterocycles. The minimum atomic E-state index is -4.56. The predicted octanol–water partition coefficient (Wildman–Crippen LogP) is 5.82. The Balaban J connectivity index is 1.68. The van der Waals surface area contributed by atoms with Crippen molar-refractivity contribution in [2.75, 3.05) is 11.9 Å². The molecule has 168 valence electrons. The van der Waals surface area contributed by atoms with Crippen LogP contribution in [0.2, 0.25) is 15.1 Å². The molecule has 0 bridgehead atoms. The third-order valence-corrected chi connectivity index (χ3v) is 5.27. The highest BCUT2D eigenvalue weighted by Gasteiger charge is 2.32. The lowest BCUT2D eigenvalue weighted by Crippen LogP contribution is -2.15. The minimum absolute atomic E-state index is 0.0446. The number of aliphatic hydroxyl groups excluding tert-OH is 1. The second kappa shape index (κ2) is 8.43. The maximum atomic E-state index is 13.0. The first-order chi connectivity index (χ1) is 15.0. The molecule has 0 aliphatic heterocycles. The molecule has 13 heteroatoms. The molecule has 3 heterocycles. The Morgan fingerprint density at radius 3 is 2.53 bits per heavy atom. The van der Waals surface area contributed by atoms with Crippen LogP contribution in [-0.2, 0) is 6.18 Å². The molecule has 0 radical (unpaired) electrons. The SMILES string of the molecule is CC(O)CNc1cc(Cl)c(-c2noc(-c3cn4cc(C(F)(F)F)cc(Cl)c4n3)n2)cc1Cl. The van der Waals surface area contributed by atoms with Crippen LogP contribution < -0.4 is 5.32 Å². The summed E-state index contributed by atoms with van der Waals surface area (Å²) in [6.07, 6.45) is -2.99. The lowest BCUT2D eigenvalue weighted by Gasteiger charge is -2.11. The maximum Gasteiger partial charge on any atom is 0.417 e. The number of anilines is 1. The van der Waals surface area contributed by atoms with Crippen LogP contribution in [0.1, 0.15) is 12.5 Å². The summed E-state index contributed by atoms with van der Waals surface area (Å²) in [6, 6.07) is 3.88. The molecule has 0 spiro atoms. The van der Waals surface area contributed by atoms with Crippen molar-refractivity contribution >= 4 is 46.1 Å². The molecule has 4 rings (SSSR count). The van der Waals surface area contributed by atoms with Gasteiger partial charge in [0, 0.05) is 24.5 Å². The summed E-state index contributed by atoms with van der Waals surface area (Å²) in [4.78, 5) is 8.41. The largest absolute Gasteiger partial charge is 0.417 e. The zero-order valence-corrected chi connectivity index (χ0v) is 18.4. The Morgan fingerprint density at radius 2 is 1.84 bits per heavy atom. The van der Waals surface area contributed by atoms with E-state index in [2.05, 4.69) is 20.4 Å². The average Bonchev–Trinajstić information content (AvgIpc) is 3.34. The summed E-state index contributed by atoms with van der Waals surface area (Å²) in [5.41, 5.74) is 0.193. The number of imidazole rings is 1. The quantitative estimate of drug-likeness (QED) is 0.354. The number of benzene rings is 1. The first-order valence-electron chi connectivity index (χ1n) is 9.04. The number of fused-ring (bicyclic) bond motifs is 1. The van der Waals surface area contributed by atoms with Crippen LogP contribution in [0.3, 0.4) is 0 Å². The van der Waals surface area contributed by atoms with Crippen LogP contribution in [0.5, 0.6) is 0 Å². The monoisotopic (exact) mass is 505 g/mol. The smallest absolute Gasteiger partial charge is 0.392 e. The normalized spacial score (nSPS) is 13.0. The van der Waals surface area contributed by atoms with Gasteiger partial charge in [0.2, 0.25) is 5.82 Å². The number of halogens is 6. The fourth-order valence-corrected chi connectivity index (χ4v) is 3.60. The zero-order chi connectivity index (χ0) is 23.2. The van der Waals surface area contributed by atoms with Crippen molar-refractivity contribution in [2.24, 2.45) is 0 Å². The van der Waals surface area contributed by atoms with Gasteiger partial charge in [0.05, 0.1) is 32.4 Å². The highest BCUT2D eigenvalue weighted by atomic mass is 35.5. The molecule has 0 saturated carbocycles. The molecule has 1 atom stereocenters. The summed E-state index contributed by atoms with van der Waals surface area (Å²) in [6.45, 7) is 1.89. The van der Waals surface area contributed by atoms with Crippen LogP contribution in [0.25, 0.3) is 28.6 Å².